The van der Waals surface area contributed by atoms with Crippen LogP contribution in [0.5, 0.6) is 0 Å². The van der Waals surface area contributed by atoms with E-state index in [1.165, 1.54) is 18.2 Å². The molecule has 0 aromatic heterocycles. The fourth-order valence-electron chi connectivity index (χ4n) is 1.93. The number of benzene rings is 1. The van der Waals surface area contributed by atoms with Crippen molar-refractivity contribution in [1.29, 1.82) is 0 Å². The van der Waals surface area contributed by atoms with Crippen molar-refractivity contribution in [1.82, 2.24) is 5.32 Å². The van der Waals surface area contributed by atoms with E-state index in [-0.39, 0.29) is 29.3 Å². The first-order valence-corrected chi connectivity index (χ1v) is 6.45. The van der Waals surface area contributed by atoms with E-state index < -0.39 is 16.4 Å². The van der Waals surface area contributed by atoms with Crippen molar-refractivity contribution in [2.75, 3.05) is 12.3 Å². The molecule has 0 fully saturated rings. The molecule has 0 spiro atoms. The lowest BCUT2D eigenvalue weighted by Crippen LogP contribution is -2.53. The molecule has 0 aliphatic carbocycles. The first-order chi connectivity index (χ1) is 9.39. The maximum absolute atomic E-state index is 12.3. The van der Waals surface area contributed by atoms with Crippen LogP contribution in [0, 0.1) is 10.1 Å². The normalized spacial score (nSPS) is 10.6. The van der Waals surface area contributed by atoms with Crippen LogP contribution in [0.15, 0.2) is 18.2 Å². The van der Waals surface area contributed by atoms with E-state index in [0.717, 1.165) is 0 Å². The second kappa shape index (κ2) is 7.80. The van der Waals surface area contributed by atoms with Crippen molar-refractivity contribution < 1.29 is 9.72 Å². The first-order valence-electron chi connectivity index (χ1n) is 6.45. The van der Waals surface area contributed by atoms with Crippen LogP contribution in [-0.2, 0) is 0 Å². The maximum atomic E-state index is 12.3. The number of rotatable bonds is 6. The number of non-ortho nitro benzene ring substituents is 1. The van der Waals surface area contributed by atoms with Crippen LogP contribution in [0.3, 0.4) is 0 Å². The summed E-state index contributed by atoms with van der Waals surface area (Å²) >= 11 is 0. The molecule has 0 aliphatic rings. The van der Waals surface area contributed by atoms with Crippen LogP contribution < -0.4 is 16.8 Å². The number of hydrogen-bond donors (Lipinski definition) is 3. The summed E-state index contributed by atoms with van der Waals surface area (Å²) < 4.78 is 0. The number of nitrogens with one attached hydrogen (secondary N) is 1. The Kier molecular flexibility index (Phi) is 7.11. The number of nitro groups is 1. The highest BCUT2D eigenvalue weighted by Crippen LogP contribution is 2.21. The Bertz CT molecular complexity index is 510. The van der Waals surface area contributed by atoms with Gasteiger partial charge >= 0.3 is 0 Å². The summed E-state index contributed by atoms with van der Waals surface area (Å²) in [5.74, 6) is -0.444. The van der Waals surface area contributed by atoms with Crippen molar-refractivity contribution in [3.05, 3.63) is 33.9 Å². The third kappa shape index (κ3) is 4.30. The lowest BCUT2D eigenvalue weighted by atomic mass is 9.92. The molecule has 1 rings (SSSR count). The predicted molar refractivity (Wildman–Crippen MR) is 84.6 cm³/mol. The molecular weight excluding hydrogens is 296 g/mol. The van der Waals surface area contributed by atoms with Gasteiger partial charge in [-0.3, -0.25) is 14.9 Å². The van der Waals surface area contributed by atoms with Crippen LogP contribution in [-0.4, -0.2) is 22.9 Å². The Morgan fingerprint density at radius 3 is 2.38 bits per heavy atom. The maximum Gasteiger partial charge on any atom is 0.270 e. The zero-order valence-electron chi connectivity index (χ0n) is 12.1. The zero-order chi connectivity index (χ0) is 15.3. The summed E-state index contributed by atoms with van der Waals surface area (Å²) in [6.07, 6.45) is 1.33. The minimum absolute atomic E-state index is 0. The molecule has 21 heavy (non-hydrogen) atoms. The van der Waals surface area contributed by atoms with E-state index in [1.807, 2.05) is 13.8 Å². The molecule has 0 heterocycles. The van der Waals surface area contributed by atoms with Gasteiger partial charge in [-0.2, -0.15) is 0 Å². The van der Waals surface area contributed by atoms with Crippen LogP contribution in [0.25, 0.3) is 0 Å². The lowest BCUT2D eigenvalue weighted by Gasteiger charge is -2.31. The molecule has 1 aromatic rings. The Hall–Kier alpha value is -1.86. The van der Waals surface area contributed by atoms with Gasteiger partial charge in [0, 0.05) is 24.4 Å². The van der Waals surface area contributed by atoms with Crippen LogP contribution in [0.1, 0.15) is 37.0 Å². The second-order valence-electron chi connectivity index (χ2n) is 4.67. The van der Waals surface area contributed by atoms with Gasteiger partial charge < -0.3 is 16.8 Å². The number of halogens is 1. The molecule has 1 amide bonds. The fraction of sp³-hybridized carbons (Fsp3) is 0.462. The molecule has 0 unspecified atom stereocenters. The largest absolute Gasteiger partial charge is 0.398 e. The summed E-state index contributed by atoms with van der Waals surface area (Å²) in [5, 5.41) is 13.6. The standard InChI is InChI=1S/C13H20N4O3.ClH/c1-3-13(4-2,8-14)16-12(18)10-7-9(17(19)20)5-6-11(10)15;/h5-7H,3-4,8,14-15H2,1-2H3,(H,16,18);1H. The minimum atomic E-state index is -0.563. The predicted octanol–water partition coefficient (Wildman–Crippen LogP) is 1.85. The number of carbonyl (C=O) groups is 1. The van der Waals surface area contributed by atoms with Crippen molar-refractivity contribution in [2.45, 2.75) is 32.2 Å². The molecule has 118 valence electrons. The van der Waals surface area contributed by atoms with Gasteiger partial charge in [-0.05, 0) is 18.9 Å². The molecule has 0 aliphatic heterocycles. The number of nitrogen functional groups attached to an aromatic ring is 1. The number of nitro benzene ring substituents is 1. The van der Waals surface area contributed by atoms with Crippen LogP contribution >= 0.6 is 12.4 Å². The summed E-state index contributed by atoms with van der Waals surface area (Å²) in [7, 11) is 0. The molecule has 0 saturated heterocycles. The van der Waals surface area contributed by atoms with Gasteiger partial charge in [0.25, 0.3) is 11.6 Å². The molecule has 8 heteroatoms. The number of anilines is 1. The van der Waals surface area contributed by atoms with Crippen molar-refractivity contribution >= 4 is 29.7 Å². The van der Waals surface area contributed by atoms with E-state index in [2.05, 4.69) is 5.32 Å². The second-order valence-corrected chi connectivity index (χ2v) is 4.67. The van der Waals surface area contributed by atoms with Crippen molar-refractivity contribution in [2.24, 2.45) is 5.73 Å². The van der Waals surface area contributed by atoms with Gasteiger partial charge in [-0.15, -0.1) is 12.4 Å². The van der Waals surface area contributed by atoms with Gasteiger partial charge in [0.15, 0.2) is 0 Å². The first kappa shape index (κ1) is 19.1. The molecule has 7 nitrogen and oxygen atoms in total. The topological polar surface area (TPSA) is 124 Å². The molecule has 0 atom stereocenters. The van der Waals surface area contributed by atoms with Gasteiger partial charge in [0.1, 0.15) is 0 Å². The summed E-state index contributed by atoms with van der Waals surface area (Å²) in [4.78, 5) is 22.5. The van der Waals surface area contributed by atoms with Crippen LogP contribution in [0.4, 0.5) is 11.4 Å². The Morgan fingerprint density at radius 2 is 1.95 bits per heavy atom. The number of carbonyl (C=O) groups excluding carboxylic acids is 1. The summed E-state index contributed by atoms with van der Waals surface area (Å²) in [6, 6.07) is 3.80. The summed E-state index contributed by atoms with van der Waals surface area (Å²) in [6.45, 7) is 4.14. The summed E-state index contributed by atoms with van der Waals surface area (Å²) in [5.41, 5.74) is 11.0. The number of nitrogens with zero attached hydrogens (tertiary/aromatic N) is 1. The molecule has 0 bridgehead atoms. The molecular formula is C13H21ClN4O3. The van der Waals surface area contributed by atoms with E-state index >= 15 is 0 Å². The molecule has 0 radical (unpaired) electrons. The quantitative estimate of drug-likeness (QED) is 0.419. The van der Waals surface area contributed by atoms with Gasteiger partial charge in [-0.1, -0.05) is 13.8 Å². The molecule has 5 N–H and O–H groups in total. The van der Waals surface area contributed by atoms with Gasteiger partial charge in [-0.25, -0.2) is 0 Å². The smallest absolute Gasteiger partial charge is 0.270 e. The highest BCUT2D eigenvalue weighted by Gasteiger charge is 2.28. The van der Waals surface area contributed by atoms with E-state index in [1.54, 1.807) is 0 Å². The van der Waals surface area contributed by atoms with E-state index in [4.69, 9.17) is 11.5 Å². The third-order valence-corrected chi connectivity index (χ3v) is 3.62. The van der Waals surface area contributed by atoms with E-state index in [9.17, 15) is 14.9 Å². The Balaban J connectivity index is 0.00000400. The number of amides is 1. The lowest BCUT2D eigenvalue weighted by molar-refractivity contribution is -0.384. The Labute approximate surface area is 129 Å². The monoisotopic (exact) mass is 316 g/mol. The SMILES string of the molecule is CCC(CC)(CN)NC(=O)c1cc([N+](=O)[O-])ccc1N.Cl. The van der Waals surface area contributed by atoms with Gasteiger partial charge in [0.2, 0.25) is 0 Å². The minimum Gasteiger partial charge on any atom is -0.398 e. The average Bonchev–Trinajstić information content (AvgIpc) is 2.45. The number of nitrogens with two attached hydrogens (primary N) is 2. The van der Waals surface area contributed by atoms with Crippen molar-refractivity contribution in [3.8, 4) is 0 Å². The average molecular weight is 317 g/mol. The highest BCUT2D eigenvalue weighted by atomic mass is 35.5. The fourth-order valence-corrected chi connectivity index (χ4v) is 1.93. The third-order valence-electron chi connectivity index (χ3n) is 3.62. The Morgan fingerprint density at radius 1 is 1.38 bits per heavy atom. The van der Waals surface area contributed by atoms with Gasteiger partial charge in [0.05, 0.1) is 16.0 Å². The molecule has 0 saturated carbocycles. The van der Waals surface area contributed by atoms with Crippen molar-refractivity contribution in [3.63, 3.8) is 0 Å². The van der Waals surface area contributed by atoms with Crippen LogP contribution in [0.2, 0.25) is 0 Å². The zero-order valence-corrected chi connectivity index (χ0v) is 12.9. The van der Waals surface area contributed by atoms with E-state index in [0.29, 0.717) is 19.4 Å². The number of hydrogen-bond acceptors (Lipinski definition) is 5. The highest BCUT2D eigenvalue weighted by molar-refractivity contribution is 6.00. The molecule has 1 aromatic carbocycles.